The summed E-state index contributed by atoms with van der Waals surface area (Å²) in [7, 11) is 3.78. The fraction of sp³-hybridized carbons (Fsp3) is 0.300. The van der Waals surface area contributed by atoms with Gasteiger partial charge in [-0.2, -0.15) is 0 Å². The van der Waals surface area contributed by atoms with Crippen molar-refractivity contribution in [2.75, 3.05) is 24.3 Å². The van der Waals surface area contributed by atoms with Crippen molar-refractivity contribution in [3.05, 3.63) is 59.2 Å². The third-order valence-electron chi connectivity index (χ3n) is 4.74. The van der Waals surface area contributed by atoms with Crippen molar-refractivity contribution in [3.63, 3.8) is 0 Å². The minimum absolute atomic E-state index is 0.0158. The fourth-order valence-electron chi connectivity index (χ4n) is 3.24. The Labute approximate surface area is 147 Å². The molecule has 2 amide bonds. The van der Waals surface area contributed by atoms with E-state index in [0.29, 0.717) is 11.3 Å². The van der Waals surface area contributed by atoms with E-state index in [2.05, 4.69) is 24.4 Å². The highest BCUT2D eigenvalue weighted by Gasteiger charge is 2.44. The molecular formula is C20H23N3O2. The van der Waals surface area contributed by atoms with Crippen LogP contribution < -0.4 is 16.0 Å². The Morgan fingerprint density at radius 2 is 1.88 bits per heavy atom. The smallest absolute Gasteiger partial charge is 0.248 e. The molecule has 5 nitrogen and oxygen atoms in total. The molecule has 3 rings (SSSR count). The van der Waals surface area contributed by atoms with Gasteiger partial charge < -0.3 is 16.0 Å². The number of hydrogen-bond donors (Lipinski definition) is 2. The summed E-state index contributed by atoms with van der Waals surface area (Å²) in [6.07, 6.45) is 0.851. The summed E-state index contributed by atoms with van der Waals surface area (Å²) in [5.74, 6) is -0.292. The number of anilines is 2. The van der Waals surface area contributed by atoms with E-state index in [1.807, 2.05) is 31.1 Å². The first kappa shape index (κ1) is 17.0. The van der Waals surface area contributed by atoms with Crippen LogP contribution >= 0.6 is 0 Å². The van der Waals surface area contributed by atoms with E-state index in [4.69, 9.17) is 5.73 Å². The lowest BCUT2D eigenvalue weighted by Gasteiger charge is -2.18. The van der Waals surface area contributed by atoms with Gasteiger partial charge in [0.25, 0.3) is 0 Å². The number of carbonyl (C=O) groups is 2. The second kappa shape index (κ2) is 6.59. The Morgan fingerprint density at radius 3 is 2.52 bits per heavy atom. The van der Waals surface area contributed by atoms with E-state index in [9.17, 15) is 9.59 Å². The molecule has 0 heterocycles. The number of benzene rings is 2. The molecule has 0 bridgehead atoms. The number of nitrogens with two attached hydrogens (primary N) is 1. The van der Waals surface area contributed by atoms with Crippen LogP contribution in [0.2, 0.25) is 0 Å². The van der Waals surface area contributed by atoms with Crippen LogP contribution in [0.25, 0.3) is 0 Å². The SMILES string of the molecule is Cc1ccccc1[C@@H]1C[C@@H]1C(=O)Nc1cc(C(N)=O)ccc1N(C)C. The van der Waals surface area contributed by atoms with E-state index < -0.39 is 5.91 Å². The first-order chi connectivity index (χ1) is 11.9. The van der Waals surface area contributed by atoms with Crippen molar-refractivity contribution in [3.8, 4) is 0 Å². The van der Waals surface area contributed by atoms with Gasteiger partial charge in [-0.1, -0.05) is 24.3 Å². The summed E-state index contributed by atoms with van der Waals surface area (Å²) in [5, 5.41) is 2.98. The van der Waals surface area contributed by atoms with Gasteiger partial charge in [0.2, 0.25) is 11.8 Å². The lowest BCUT2D eigenvalue weighted by atomic mass is 10.0. The molecule has 1 aliphatic rings. The number of aryl methyl sites for hydroxylation is 1. The van der Waals surface area contributed by atoms with Gasteiger partial charge in [-0.05, 0) is 48.6 Å². The van der Waals surface area contributed by atoms with Gasteiger partial charge >= 0.3 is 0 Å². The Kier molecular flexibility index (Phi) is 4.49. The lowest BCUT2D eigenvalue weighted by Crippen LogP contribution is -2.20. The van der Waals surface area contributed by atoms with Crippen LogP contribution in [0.15, 0.2) is 42.5 Å². The molecule has 0 spiro atoms. The molecule has 0 saturated heterocycles. The van der Waals surface area contributed by atoms with E-state index in [0.717, 1.165) is 12.1 Å². The fourth-order valence-corrected chi connectivity index (χ4v) is 3.24. The average Bonchev–Trinajstić information content (AvgIpc) is 3.35. The number of nitrogens with one attached hydrogen (secondary N) is 1. The van der Waals surface area contributed by atoms with Crippen molar-refractivity contribution >= 4 is 23.2 Å². The number of hydrogen-bond acceptors (Lipinski definition) is 3. The molecule has 25 heavy (non-hydrogen) atoms. The van der Waals surface area contributed by atoms with Crippen molar-refractivity contribution in [2.45, 2.75) is 19.3 Å². The molecule has 130 valence electrons. The Hall–Kier alpha value is -2.82. The van der Waals surface area contributed by atoms with Gasteiger partial charge in [0.05, 0.1) is 11.4 Å². The van der Waals surface area contributed by atoms with Crippen LogP contribution in [0, 0.1) is 12.8 Å². The number of rotatable bonds is 5. The average molecular weight is 337 g/mol. The summed E-state index contributed by atoms with van der Waals surface area (Å²) in [4.78, 5) is 26.0. The van der Waals surface area contributed by atoms with Gasteiger partial charge in [0, 0.05) is 25.6 Å². The van der Waals surface area contributed by atoms with E-state index in [1.54, 1.807) is 18.2 Å². The third kappa shape index (κ3) is 3.50. The minimum atomic E-state index is -0.509. The maximum atomic E-state index is 12.7. The number of nitrogens with zero attached hydrogens (tertiary/aromatic N) is 1. The first-order valence-electron chi connectivity index (χ1n) is 8.36. The van der Waals surface area contributed by atoms with Gasteiger partial charge in [0.15, 0.2) is 0 Å². The second-order valence-corrected chi connectivity index (χ2v) is 6.79. The van der Waals surface area contributed by atoms with Crippen LogP contribution in [0.3, 0.4) is 0 Å². The van der Waals surface area contributed by atoms with Crippen molar-refractivity contribution in [1.82, 2.24) is 0 Å². The Bertz CT molecular complexity index is 829. The third-order valence-corrected chi connectivity index (χ3v) is 4.74. The molecule has 1 aliphatic carbocycles. The second-order valence-electron chi connectivity index (χ2n) is 6.79. The van der Waals surface area contributed by atoms with Gasteiger partial charge in [-0.25, -0.2) is 0 Å². The molecule has 0 aromatic heterocycles. The highest BCUT2D eigenvalue weighted by molar-refractivity contribution is 6.01. The number of primary amides is 1. The number of amides is 2. The van der Waals surface area contributed by atoms with Crippen molar-refractivity contribution < 1.29 is 9.59 Å². The highest BCUT2D eigenvalue weighted by atomic mass is 16.2. The molecule has 1 fully saturated rings. The van der Waals surface area contributed by atoms with Crippen LogP contribution in [0.4, 0.5) is 11.4 Å². The zero-order chi connectivity index (χ0) is 18.1. The zero-order valence-corrected chi connectivity index (χ0v) is 14.7. The Balaban J connectivity index is 1.79. The summed E-state index contributed by atoms with van der Waals surface area (Å²) >= 11 is 0. The van der Waals surface area contributed by atoms with E-state index in [1.165, 1.54) is 11.1 Å². The zero-order valence-electron chi connectivity index (χ0n) is 14.7. The minimum Gasteiger partial charge on any atom is -0.376 e. The van der Waals surface area contributed by atoms with Gasteiger partial charge in [0.1, 0.15) is 0 Å². The van der Waals surface area contributed by atoms with E-state index >= 15 is 0 Å². The van der Waals surface area contributed by atoms with Crippen LogP contribution in [-0.2, 0) is 4.79 Å². The molecule has 0 aliphatic heterocycles. The maximum Gasteiger partial charge on any atom is 0.248 e. The monoisotopic (exact) mass is 337 g/mol. The molecule has 2 aromatic carbocycles. The standard InChI is InChI=1S/C20H23N3O2/c1-12-6-4-5-7-14(12)15-11-16(15)20(25)22-17-10-13(19(21)24)8-9-18(17)23(2)3/h4-10,15-16H,11H2,1-3H3,(H2,21,24)(H,22,25)/t15-,16-/m0/s1. The molecule has 1 saturated carbocycles. The van der Waals surface area contributed by atoms with Crippen molar-refractivity contribution in [1.29, 1.82) is 0 Å². The Morgan fingerprint density at radius 1 is 1.16 bits per heavy atom. The first-order valence-corrected chi connectivity index (χ1v) is 8.36. The maximum absolute atomic E-state index is 12.7. The number of carbonyl (C=O) groups excluding carboxylic acids is 2. The lowest BCUT2D eigenvalue weighted by molar-refractivity contribution is -0.117. The molecule has 0 radical (unpaired) electrons. The van der Waals surface area contributed by atoms with Gasteiger partial charge in [-0.3, -0.25) is 9.59 Å². The van der Waals surface area contributed by atoms with E-state index in [-0.39, 0.29) is 17.7 Å². The molecule has 2 aromatic rings. The largest absolute Gasteiger partial charge is 0.376 e. The summed E-state index contributed by atoms with van der Waals surface area (Å²) in [5.41, 5.74) is 9.65. The predicted molar refractivity (Wildman–Crippen MR) is 99.9 cm³/mol. The molecule has 5 heteroatoms. The molecule has 0 unspecified atom stereocenters. The topological polar surface area (TPSA) is 75.4 Å². The summed E-state index contributed by atoms with van der Waals surface area (Å²) in [6, 6.07) is 13.3. The summed E-state index contributed by atoms with van der Waals surface area (Å²) in [6.45, 7) is 2.07. The molecule has 3 N–H and O–H groups in total. The predicted octanol–water partition coefficient (Wildman–Crippen LogP) is 2.90. The van der Waals surface area contributed by atoms with Crippen molar-refractivity contribution in [2.24, 2.45) is 11.7 Å². The molecule has 2 atom stereocenters. The van der Waals surface area contributed by atoms with Gasteiger partial charge in [-0.15, -0.1) is 0 Å². The quantitative estimate of drug-likeness (QED) is 0.881. The highest BCUT2D eigenvalue weighted by Crippen LogP contribution is 2.49. The molecular weight excluding hydrogens is 314 g/mol. The van der Waals surface area contributed by atoms with Crippen LogP contribution in [0.1, 0.15) is 33.8 Å². The normalized spacial score (nSPS) is 18.5. The van der Waals surface area contributed by atoms with Crippen LogP contribution in [-0.4, -0.2) is 25.9 Å². The summed E-state index contributed by atoms with van der Waals surface area (Å²) < 4.78 is 0. The van der Waals surface area contributed by atoms with Crippen LogP contribution in [0.5, 0.6) is 0 Å².